The van der Waals surface area contributed by atoms with Gasteiger partial charge < -0.3 is 14.4 Å². The van der Waals surface area contributed by atoms with E-state index in [2.05, 4.69) is 4.90 Å². The number of hydrogen-bond donors (Lipinski definition) is 1. The second-order valence-electron chi connectivity index (χ2n) is 4.86. The van der Waals surface area contributed by atoms with Gasteiger partial charge in [-0.1, -0.05) is 6.07 Å². The Morgan fingerprint density at radius 1 is 1.37 bits per heavy atom. The van der Waals surface area contributed by atoms with Gasteiger partial charge in [0, 0.05) is 26.7 Å². The minimum atomic E-state index is -0.327. The van der Waals surface area contributed by atoms with Gasteiger partial charge in [-0.3, -0.25) is 4.57 Å². The van der Waals surface area contributed by atoms with Gasteiger partial charge in [0.2, 0.25) is 0 Å². The summed E-state index contributed by atoms with van der Waals surface area (Å²) in [5, 5.41) is 8.78. The summed E-state index contributed by atoms with van der Waals surface area (Å²) >= 11 is 0. The molecule has 1 N–H and O–H groups in total. The molecule has 104 valence electrons. The molecule has 0 spiro atoms. The third-order valence-corrected chi connectivity index (χ3v) is 3.34. The van der Waals surface area contributed by atoms with Crippen molar-refractivity contribution in [2.45, 2.75) is 12.8 Å². The highest BCUT2D eigenvalue weighted by molar-refractivity contribution is 5.73. The number of rotatable bonds is 6. The van der Waals surface area contributed by atoms with Crippen molar-refractivity contribution in [3.8, 4) is 0 Å². The lowest BCUT2D eigenvalue weighted by Gasteiger charge is -2.15. The van der Waals surface area contributed by atoms with Crippen molar-refractivity contribution in [3.63, 3.8) is 0 Å². The maximum Gasteiger partial charge on any atom is 0.419 e. The van der Waals surface area contributed by atoms with E-state index in [4.69, 9.17) is 9.52 Å². The van der Waals surface area contributed by atoms with Gasteiger partial charge in [0.15, 0.2) is 5.58 Å². The molecule has 2 rings (SSSR count). The number of aliphatic hydroxyl groups excluding tert-OH is 1. The second-order valence-corrected chi connectivity index (χ2v) is 4.86. The molecule has 1 heterocycles. The van der Waals surface area contributed by atoms with Crippen LogP contribution in [0.4, 0.5) is 0 Å². The molecule has 1 aromatic heterocycles. The van der Waals surface area contributed by atoms with E-state index < -0.39 is 0 Å². The average molecular weight is 264 g/mol. The predicted octanol–water partition coefficient (Wildman–Crippen LogP) is 0.988. The summed E-state index contributed by atoms with van der Waals surface area (Å²) in [5.74, 6) is -0.327. The van der Waals surface area contributed by atoms with Crippen molar-refractivity contribution in [1.82, 2.24) is 9.47 Å². The SMILES string of the molecule is CN(CCCO)CCc1ccc2c(c1)oc(=O)n2C. The van der Waals surface area contributed by atoms with E-state index in [0.29, 0.717) is 5.58 Å². The molecule has 0 aliphatic rings. The van der Waals surface area contributed by atoms with Crippen LogP contribution in [0, 0.1) is 0 Å². The number of aromatic nitrogens is 1. The molecule has 0 aliphatic carbocycles. The maximum absolute atomic E-state index is 11.4. The molecule has 5 heteroatoms. The van der Waals surface area contributed by atoms with Gasteiger partial charge >= 0.3 is 5.76 Å². The number of aliphatic hydroxyl groups is 1. The van der Waals surface area contributed by atoms with Crippen molar-refractivity contribution < 1.29 is 9.52 Å². The topological polar surface area (TPSA) is 58.6 Å². The number of hydrogen-bond acceptors (Lipinski definition) is 4. The lowest BCUT2D eigenvalue weighted by molar-refractivity contribution is 0.248. The number of aryl methyl sites for hydroxylation is 1. The summed E-state index contributed by atoms with van der Waals surface area (Å²) in [6.07, 6.45) is 1.69. The minimum Gasteiger partial charge on any atom is -0.408 e. The largest absolute Gasteiger partial charge is 0.419 e. The molecule has 1 aromatic carbocycles. The highest BCUT2D eigenvalue weighted by atomic mass is 16.4. The van der Waals surface area contributed by atoms with Gasteiger partial charge in [-0.2, -0.15) is 0 Å². The Labute approximate surface area is 112 Å². The lowest BCUT2D eigenvalue weighted by Crippen LogP contribution is -2.23. The molecule has 19 heavy (non-hydrogen) atoms. The Hall–Kier alpha value is -1.59. The van der Waals surface area contributed by atoms with Crippen LogP contribution in [0.5, 0.6) is 0 Å². The maximum atomic E-state index is 11.4. The van der Waals surface area contributed by atoms with E-state index in [1.165, 1.54) is 4.57 Å². The highest BCUT2D eigenvalue weighted by Gasteiger charge is 2.06. The van der Waals surface area contributed by atoms with Crippen LogP contribution in [0.25, 0.3) is 11.1 Å². The number of likely N-dealkylation sites (N-methyl/N-ethyl adjacent to an activating group) is 1. The van der Waals surface area contributed by atoms with Gasteiger partial charge in [0.25, 0.3) is 0 Å². The van der Waals surface area contributed by atoms with E-state index in [-0.39, 0.29) is 12.4 Å². The van der Waals surface area contributed by atoms with Crippen LogP contribution in [-0.2, 0) is 13.5 Å². The van der Waals surface area contributed by atoms with Crippen LogP contribution in [0.3, 0.4) is 0 Å². The molecule has 0 radical (unpaired) electrons. The van der Waals surface area contributed by atoms with Gasteiger partial charge in [-0.05, 0) is 37.6 Å². The van der Waals surface area contributed by atoms with Crippen LogP contribution < -0.4 is 5.76 Å². The molecule has 0 aliphatic heterocycles. The number of fused-ring (bicyclic) bond motifs is 1. The first-order valence-corrected chi connectivity index (χ1v) is 6.49. The third kappa shape index (κ3) is 3.24. The van der Waals surface area contributed by atoms with E-state index in [1.54, 1.807) is 7.05 Å². The quantitative estimate of drug-likeness (QED) is 0.845. The number of benzene rings is 1. The van der Waals surface area contributed by atoms with Gasteiger partial charge in [-0.15, -0.1) is 0 Å². The van der Waals surface area contributed by atoms with Crippen LogP contribution in [0.15, 0.2) is 27.4 Å². The predicted molar refractivity (Wildman–Crippen MR) is 74.4 cm³/mol. The van der Waals surface area contributed by atoms with E-state index in [1.807, 2.05) is 25.2 Å². The van der Waals surface area contributed by atoms with Gasteiger partial charge in [0.05, 0.1) is 5.52 Å². The summed E-state index contributed by atoms with van der Waals surface area (Å²) in [6.45, 7) is 2.03. The molecule has 0 bridgehead atoms. The molecular weight excluding hydrogens is 244 g/mol. The average Bonchev–Trinajstić information content (AvgIpc) is 2.69. The van der Waals surface area contributed by atoms with E-state index >= 15 is 0 Å². The molecule has 0 amide bonds. The van der Waals surface area contributed by atoms with Crippen LogP contribution >= 0.6 is 0 Å². The van der Waals surface area contributed by atoms with Crippen LogP contribution in [0.1, 0.15) is 12.0 Å². The van der Waals surface area contributed by atoms with E-state index in [9.17, 15) is 4.79 Å². The molecule has 0 fully saturated rings. The lowest BCUT2D eigenvalue weighted by atomic mass is 10.1. The smallest absolute Gasteiger partial charge is 0.408 e. The Morgan fingerprint density at radius 2 is 2.16 bits per heavy atom. The summed E-state index contributed by atoms with van der Waals surface area (Å²) < 4.78 is 6.68. The van der Waals surface area contributed by atoms with Crippen molar-refractivity contribution in [3.05, 3.63) is 34.3 Å². The molecule has 0 saturated carbocycles. The second kappa shape index (κ2) is 6.04. The van der Waals surface area contributed by atoms with Crippen LogP contribution in [-0.4, -0.2) is 41.3 Å². The van der Waals surface area contributed by atoms with Crippen molar-refractivity contribution in [2.75, 3.05) is 26.7 Å². The summed E-state index contributed by atoms with van der Waals surface area (Å²) in [5.41, 5.74) is 2.61. The van der Waals surface area contributed by atoms with Crippen molar-refractivity contribution in [2.24, 2.45) is 7.05 Å². The summed E-state index contributed by atoms with van der Waals surface area (Å²) in [4.78, 5) is 13.6. The van der Waals surface area contributed by atoms with E-state index in [0.717, 1.165) is 37.0 Å². The Balaban J connectivity index is 2.03. The Kier molecular flexibility index (Phi) is 4.39. The number of nitrogens with zero attached hydrogens (tertiary/aromatic N) is 2. The minimum absolute atomic E-state index is 0.228. The monoisotopic (exact) mass is 264 g/mol. The first kappa shape index (κ1) is 13.8. The highest BCUT2D eigenvalue weighted by Crippen LogP contribution is 2.14. The van der Waals surface area contributed by atoms with Crippen molar-refractivity contribution >= 4 is 11.1 Å². The standard InChI is InChI=1S/C14H20N2O3/c1-15(7-3-9-17)8-6-11-4-5-12-13(10-11)19-14(18)16(12)2/h4-5,10,17H,3,6-9H2,1-2H3. The Bertz CT molecular complexity index is 600. The molecular formula is C14H20N2O3. The zero-order valence-electron chi connectivity index (χ0n) is 11.4. The molecule has 5 nitrogen and oxygen atoms in total. The normalized spacial score (nSPS) is 11.6. The molecule has 2 aromatic rings. The molecule has 0 atom stereocenters. The zero-order chi connectivity index (χ0) is 13.8. The fourth-order valence-electron chi connectivity index (χ4n) is 2.11. The fraction of sp³-hybridized carbons (Fsp3) is 0.500. The zero-order valence-corrected chi connectivity index (χ0v) is 11.4. The third-order valence-electron chi connectivity index (χ3n) is 3.34. The first-order valence-electron chi connectivity index (χ1n) is 6.49. The van der Waals surface area contributed by atoms with Gasteiger partial charge in [0.1, 0.15) is 0 Å². The summed E-state index contributed by atoms with van der Waals surface area (Å²) in [7, 11) is 3.74. The molecule has 0 unspecified atom stereocenters. The number of oxazole rings is 1. The van der Waals surface area contributed by atoms with Crippen LogP contribution in [0.2, 0.25) is 0 Å². The summed E-state index contributed by atoms with van der Waals surface area (Å²) in [6, 6.07) is 5.87. The van der Waals surface area contributed by atoms with Gasteiger partial charge in [-0.25, -0.2) is 4.79 Å². The fourth-order valence-corrected chi connectivity index (χ4v) is 2.11. The molecule has 0 saturated heterocycles. The van der Waals surface area contributed by atoms with Crippen molar-refractivity contribution in [1.29, 1.82) is 0 Å². The first-order chi connectivity index (χ1) is 9.11. The Morgan fingerprint density at radius 3 is 2.89 bits per heavy atom.